The summed E-state index contributed by atoms with van der Waals surface area (Å²) in [5, 5.41) is 9.42. The number of alkyl halides is 2. The van der Waals surface area contributed by atoms with Gasteiger partial charge >= 0.3 is 0 Å². The number of pyridine rings is 1. The Morgan fingerprint density at radius 3 is 2.80 bits per heavy atom. The SMILES string of the molecule is O=C(c1ccnc(OCC(F)F)c1)N1CCC[C@H]1c1ccc(O)cc1. The number of phenols is 1. The van der Waals surface area contributed by atoms with Crippen LogP contribution in [0.1, 0.15) is 34.8 Å². The molecule has 1 atom stereocenters. The number of nitrogens with zero attached hydrogens (tertiary/aromatic N) is 2. The molecular formula is C18H18F2N2O3. The summed E-state index contributed by atoms with van der Waals surface area (Å²) in [5.41, 5.74) is 1.30. The summed E-state index contributed by atoms with van der Waals surface area (Å²) >= 11 is 0. The lowest BCUT2D eigenvalue weighted by Gasteiger charge is -2.25. The van der Waals surface area contributed by atoms with E-state index in [1.54, 1.807) is 35.2 Å². The van der Waals surface area contributed by atoms with E-state index in [1.807, 2.05) is 0 Å². The Hall–Kier alpha value is -2.70. The van der Waals surface area contributed by atoms with Crippen LogP contribution in [-0.4, -0.2) is 40.5 Å². The monoisotopic (exact) mass is 348 g/mol. The van der Waals surface area contributed by atoms with E-state index in [9.17, 15) is 18.7 Å². The van der Waals surface area contributed by atoms with E-state index in [1.165, 1.54) is 12.3 Å². The number of rotatable bonds is 5. The lowest BCUT2D eigenvalue weighted by Crippen LogP contribution is -2.30. The van der Waals surface area contributed by atoms with Crippen molar-refractivity contribution in [2.45, 2.75) is 25.3 Å². The Balaban J connectivity index is 1.77. The first-order valence-electron chi connectivity index (χ1n) is 8.01. The average Bonchev–Trinajstić information content (AvgIpc) is 3.10. The molecule has 0 aliphatic carbocycles. The molecule has 7 heteroatoms. The minimum absolute atomic E-state index is 0.00605. The highest BCUT2D eigenvalue weighted by atomic mass is 19.3. The van der Waals surface area contributed by atoms with E-state index in [0.29, 0.717) is 12.1 Å². The van der Waals surface area contributed by atoms with Gasteiger partial charge in [0.15, 0.2) is 6.61 Å². The van der Waals surface area contributed by atoms with Gasteiger partial charge in [0, 0.05) is 24.4 Å². The first kappa shape index (κ1) is 17.1. The highest BCUT2D eigenvalue weighted by Crippen LogP contribution is 2.34. The molecule has 25 heavy (non-hydrogen) atoms. The molecule has 0 spiro atoms. The summed E-state index contributed by atoms with van der Waals surface area (Å²) in [4.78, 5) is 18.4. The van der Waals surface area contributed by atoms with Gasteiger partial charge in [0.05, 0.1) is 6.04 Å². The number of carbonyl (C=O) groups is 1. The lowest BCUT2D eigenvalue weighted by atomic mass is 10.0. The fourth-order valence-electron chi connectivity index (χ4n) is 2.99. The van der Waals surface area contributed by atoms with Gasteiger partial charge in [-0.05, 0) is 36.6 Å². The topological polar surface area (TPSA) is 62.7 Å². The number of likely N-dealkylation sites (tertiary alicyclic amines) is 1. The molecule has 2 heterocycles. The van der Waals surface area contributed by atoms with Gasteiger partial charge in [-0.1, -0.05) is 12.1 Å². The molecule has 1 amide bonds. The number of hydrogen-bond donors (Lipinski definition) is 1. The van der Waals surface area contributed by atoms with E-state index >= 15 is 0 Å². The molecule has 5 nitrogen and oxygen atoms in total. The van der Waals surface area contributed by atoms with Crippen LogP contribution in [-0.2, 0) is 0 Å². The maximum Gasteiger partial charge on any atom is 0.272 e. The Kier molecular flexibility index (Phi) is 5.11. The van der Waals surface area contributed by atoms with Crippen molar-refractivity contribution in [1.29, 1.82) is 0 Å². The summed E-state index contributed by atoms with van der Waals surface area (Å²) in [6.07, 6.45) is 0.478. The molecule has 1 fully saturated rings. The second-order valence-corrected chi connectivity index (χ2v) is 5.83. The van der Waals surface area contributed by atoms with E-state index in [0.717, 1.165) is 18.4 Å². The molecule has 1 aromatic carbocycles. The zero-order valence-corrected chi connectivity index (χ0v) is 13.4. The van der Waals surface area contributed by atoms with E-state index < -0.39 is 13.0 Å². The third-order valence-electron chi connectivity index (χ3n) is 4.13. The van der Waals surface area contributed by atoms with Crippen molar-refractivity contribution < 1.29 is 23.4 Å². The number of carbonyl (C=O) groups excluding carboxylic acids is 1. The number of benzene rings is 1. The summed E-state index contributed by atoms with van der Waals surface area (Å²) in [7, 11) is 0. The summed E-state index contributed by atoms with van der Waals surface area (Å²) in [5.74, 6) is -0.0130. The molecule has 1 aliphatic heterocycles. The van der Waals surface area contributed by atoms with Gasteiger partial charge in [0.2, 0.25) is 5.88 Å². The van der Waals surface area contributed by atoms with Crippen molar-refractivity contribution in [3.05, 3.63) is 53.7 Å². The smallest absolute Gasteiger partial charge is 0.272 e. The Labute approximate surface area is 143 Å². The number of hydrogen-bond acceptors (Lipinski definition) is 4. The largest absolute Gasteiger partial charge is 0.508 e. The second kappa shape index (κ2) is 7.46. The maximum absolute atomic E-state index is 12.8. The van der Waals surface area contributed by atoms with Gasteiger partial charge in [-0.2, -0.15) is 0 Å². The van der Waals surface area contributed by atoms with Crippen molar-refractivity contribution >= 4 is 5.91 Å². The normalized spacial score (nSPS) is 17.1. The first-order chi connectivity index (χ1) is 12.0. The molecule has 0 unspecified atom stereocenters. The third kappa shape index (κ3) is 4.04. The van der Waals surface area contributed by atoms with Gasteiger partial charge in [0.1, 0.15) is 5.75 Å². The van der Waals surface area contributed by atoms with Crippen LogP contribution in [0.2, 0.25) is 0 Å². The van der Waals surface area contributed by atoms with Crippen LogP contribution in [0, 0.1) is 0 Å². The van der Waals surface area contributed by atoms with Gasteiger partial charge < -0.3 is 14.7 Å². The van der Waals surface area contributed by atoms with Gasteiger partial charge in [0.25, 0.3) is 12.3 Å². The minimum Gasteiger partial charge on any atom is -0.508 e. The molecule has 0 radical (unpaired) electrons. The van der Waals surface area contributed by atoms with Crippen molar-refractivity contribution in [2.75, 3.05) is 13.2 Å². The molecular weight excluding hydrogens is 330 g/mol. The fraction of sp³-hybridized carbons (Fsp3) is 0.333. The van der Waals surface area contributed by atoms with Crippen LogP contribution < -0.4 is 4.74 Å². The molecule has 1 saturated heterocycles. The predicted octanol–water partition coefficient (Wildman–Crippen LogP) is 3.41. The van der Waals surface area contributed by atoms with Crippen molar-refractivity contribution in [3.8, 4) is 11.6 Å². The number of ether oxygens (including phenoxy) is 1. The van der Waals surface area contributed by atoms with Crippen LogP contribution in [0.15, 0.2) is 42.6 Å². The van der Waals surface area contributed by atoms with Crippen LogP contribution in [0.4, 0.5) is 8.78 Å². The maximum atomic E-state index is 12.8. The summed E-state index contributed by atoms with van der Waals surface area (Å²) < 4.78 is 29.4. The van der Waals surface area contributed by atoms with Crippen LogP contribution in [0.3, 0.4) is 0 Å². The van der Waals surface area contributed by atoms with Crippen molar-refractivity contribution in [2.24, 2.45) is 0 Å². The highest BCUT2D eigenvalue weighted by molar-refractivity contribution is 5.94. The molecule has 2 aromatic rings. The Morgan fingerprint density at radius 2 is 2.08 bits per heavy atom. The summed E-state index contributed by atoms with van der Waals surface area (Å²) in [6.45, 7) is -0.148. The molecule has 1 N–H and O–H groups in total. The fourth-order valence-corrected chi connectivity index (χ4v) is 2.99. The minimum atomic E-state index is -2.60. The highest BCUT2D eigenvalue weighted by Gasteiger charge is 2.30. The van der Waals surface area contributed by atoms with Crippen LogP contribution >= 0.6 is 0 Å². The molecule has 132 valence electrons. The van der Waals surface area contributed by atoms with Gasteiger partial charge in [-0.15, -0.1) is 0 Å². The second-order valence-electron chi connectivity index (χ2n) is 5.83. The molecule has 1 aliphatic rings. The number of aromatic nitrogens is 1. The zero-order chi connectivity index (χ0) is 17.8. The van der Waals surface area contributed by atoms with E-state index in [4.69, 9.17) is 4.74 Å². The Morgan fingerprint density at radius 1 is 1.32 bits per heavy atom. The zero-order valence-electron chi connectivity index (χ0n) is 13.4. The average molecular weight is 348 g/mol. The number of halogens is 2. The van der Waals surface area contributed by atoms with Crippen LogP contribution in [0.25, 0.3) is 0 Å². The molecule has 3 rings (SSSR count). The van der Waals surface area contributed by atoms with E-state index in [-0.39, 0.29) is 23.6 Å². The quantitative estimate of drug-likeness (QED) is 0.899. The first-order valence-corrected chi connectivity index (χ1v) is 8.01. The molecule has 0 saturated carbocycles. The van der Waals surface area contributed by atoms with Crippen molar-refractivity contribution in [1.82, 2.24) is 9.88 Å². The van der Waals surface area contributed by atoms with Crippen LogP contribution in [0.5, 0.6) is 11.6 Å². The predicted molar refractivity (Wildman–Crippen MR) is 86.9 cm³/mol. The number of aromatic hydroxyl groups is 1. The van der Waals surface area contributed by atoms with Gasteiger partial charge in [-0.3, -0.25) is 4.79 Å². The summed E-state index contributed by atoms with van der Waals surface area (Å²) in [6, 6.07) is 9.65. The van der Waals surface area contributed by atoms with Gasteiger partial charge in [-0.25, -0.2) is 13.8 Å². The third-order valence-corrected chi connectivity index (χ3v) is 4.13. The van der Waals surface area contributed by atoms with E-state index in [2.05, 4.69) is 4.98 Å². The molecule has 1 aromatic heterocycles. The number of amides is 1. The standard InChI is InChI=1S/C18H18F2N2O3/c19-16(20)11-25-17-10-13(7-8-21-17)18(24)22-9-1-2-15(22)12-3-5-14(23)6-4-12/h3-8,10,15-16,23H,1-2,9,11H2/t15-/m0/s1. The Bertz CT molecular complexity index is 737. The molecule has 0 bridgehead atoms. The lowest BCUT2D eigenvalue weighted by molar-refractivity contribution is 0.0731. The van der Waals surface area contributed by atoms with Crippen molar-refractivity contribution in [3.63, 3.8) is 0 Å². The number of phenolic OH excluding ortho intramolecular Hbond substituents is 1.